The monoisotopic (exact) mass is 244 g/mol. The summed E-state index contributed by atoms with van der Waals surface area (Å²) < 4.78 is 1.16. The van der Waals surface area contributed by atoms with Crippen LogP contribution in [0.1, 0.15) is 0 Å². The molecule has 11 heavy (non-hydrogen) atoms. The van der Waals surface area contributed by atoms with Gasteiger partial charge in [-0.15, -0.1) is 24.3 Å². The molecule has 0 aromatic carbocycles. The van der Waals surface area contributed by atoms with Crippen molar-refractivity contribution in [3.63, 3.8) is 0 Å². The lowest BCUT2D eigenvalue weighted by molar-refractivity contribution is 0.834. The molecule has 0 fully saturated rings. The predicted octanol–water partition coefficient (Wildman–Crippen LogP) is 1.24. The maximum absolute atomic E-state index is 4.83. The molecule has 0 unspecified atom stereocenters. The zero-order chi connectivity index (χ0) is 8.69. The molecular formula is C4H8N2S5. The van der Waals surface area contributed by atoms with Crippen LogP contribution in [0.3, 0.4) is 0 Å². The molecule has 0 aliphatic heterocycles. The first-order valence-corrected chi connectivity index (χ1v) is 5.86. The summed E-state index contributed by atoms with van der Waals surface area (Å²) in [6.45, 7) is 1.45. The van der Waals surface area contributed by atoms with Crippen molar-refractivity contribution < 1.29 is 0 Å². The molecule has 0 bridgehead atoms. The fourth-order valence-electron chi connectivity index (χ4n) is 0.366. The standard InChI is InChI=1S/C4H8N2S5/c7-3(8)5-1-2-6-4(9)11-10/h10H,1-2H2,(H,6,9)(H2,5,7,8). The quantitative estimate of drug-likeness (QED) is 0.259. The van der Waals surface area contributed by atoms with Crippen molar-refractivity contribution >= 4 is 68.2 Å². The van der Waals surface area contributed by atoms with Crippen LogP contribution >= 0.6 is 59.5 Å². The van der Waals surface area contributed by atoms with E-state index in [4.69, 9.17) is 12.2 Å². The second-order valence-corrected chi connectivity index (χ2v) is 4.50. The number of thiol groups is 2. The van der Waals surface area contributed by atoms with Crippen LogP contribution in [0.25, 0.3) is 0 Å². The van der Waals surface area contributed by atoms with Crippen molar-refractivity contribution in [3.8, 4) is 0 Å². The Balaban J connectivity index is 3.14. The van der Waals surface area contributed by atoms with Crippen LogP contribution in [0.4, 0.5) is 0 Å². The van der Waals surface area contributed by atoms with E-state index < -0.39 is 0 Å². The number of rotatable bonds is 3. The van der Waals surface area contributed by atoms with Crippen molar-refractivity contribution in [3.05, 3.63) is 0 Å². The fraction of sp³-hybridized carbons (Fsp3) is 0.500. The summed E-state index contributed by atoms with van der Waals surface area (Å²) in [4.78, 5) is 0. The van der Waals surface area contributed by atoms with Crippen molar-refractivity contribution in [1.29, 1.82) is 0 Å². The molecule has 64 valence electrons. The molecule has 2 nitrogen and oxygen atoms in total. The third kappa shape index (κ3) is 8.74. The Morgan fingerprint density at radius 2 is 1.82 bits per heavy atom. The van der Waals surface area contributed by atoms with Gasteiger partial charge in [0.25, 0.3) is 0 Å². The molecule has 0 heterocycles. The SMILES string of the molecule is S=C(S)NCCNC(=S)SS. The van der Waals surface area contributed by atoms with E-state index in [0.717, 1.165) is 13.1 Å². The highest BCUT2D eigenvalue weighted by Gasteiger charge is 1.91. The number of thiocarbonyl (C=S) groups is 2. The topological polar surface area (TPSA) is 24.1 Å². The minimum absolute atomic E-state index is 0.497. The van der Waals surface area contributed by atoms with Crippen LogP contribution in [-0.2, 0) is 0 Å². The van der Waals surface area contributed by atoms with Gasteiger partial charge in [-0.25, -0.2) is 0 Å². The van der Waals surface area contributed by atoms with Crippen molar-refractivity contribution in [2.45, 2.75) is 0 Å². The highest BCUT2D eigenvalue weighted by Crippen LogP contribution is 2.04. The Morgan fingerprint density at radius 3 is 2.27 bits per heavy atom. The Labute approximate surface area is 91.5 Å². The third-order valence-corrected chi connectivity index (χ3v) is 2.68. The first-order chi connectivity index (χ1) is 5.16. The largest absolute Gasteiger partial charge is 0.369 e. The Bertz CT molecular complexity index is 147. The van der Waals surface area contributed by atoms with Crippen molar-refractivity contribution in [1.82, 2.24) is 10.6 Å². The molecule has 0 amide bonds. The van der Waals surface area contributed by atoms with Crippen LogP contribution in [0.5, 0.6) is 0 Å². The highest BCUT2D eigenvalue weighted by atomic mass is 33.1. The third-order valence-electron chi connectivity index (χ3n) is 0.753. The fourth-order valence-corrected chi connectivity index (χ4v) is 1.04. The molecule has 0 spiro atoms. The summed E-state index contributed by atoms with van der Waals surface area (Å²) in [5.41, 5.74) is 0. The first-order valence-electron chi connectivity index (χ1n) is 2.73. The van der Waals surface area contributed by atoms with Gasteiger partial charge in [-0.05, 0) is 10.8 Å². The minimum atomic E-state index is 0.497. The highest BCUT2D eigenvalue weighted by molar-refractivity contribution is 8.76. The van der Waals surface area contributed by atoms with Gasteiger partial charge < -0.3 is 10.6 Å². The van der Waals surface area contributed by atoms with Crippen molar-refractivity contribution in [2.24, 2.45) is 0 Å². The summed E-state index contributed by atoms with van der Waals surface area (Å²) >= 11 is 17.3. The smallest absolute Gasteiger partial charge is 0.144 e. The number of hydrogen-bond acceptors (Lipinski definition) is 4. The molecule has 2 N–H and O–H groups in total. The van der Waals surface area contributed by atoms with Crippen molar-refractivity contribution in [2.75, 3.05) is 13.1 Å². The maximum atomic E-state index is 4.83. The van der Waals surface area contributed by atoms with E-state index in [1.54, 1.807) is 0 Å². The molecule has 0 aromatic heterocycles. The van der Waals surface area contributed by atoms with Gasteiger partial charge in [0.15, 0.2) is 0 Å². The number of nitrogens with one attached hydrogen (secondary N) is 2. The van der Waals surface area contributed by atoms with E-state index in [9.17, 15) is 0 Å². The molecule has 0 radical (unpaired) electrons. The maximum Gasteiger partial charge on any atom is 0.144 e. The Morgan fingerprint density at radius 1 is 1.27 bits per heavy atom. The molecule has 0 aliphatic carbocycles. The van der Waals surface area contributed by atoms with E-state index >= 15 is 0 Å². The Kier molecular flexibility index (Phi) is 8.04. The van der Waals surface area contributed by atoms with Gasteiger partial charge >= 0.3 is 0 Å². The van der Waals surface area contributed by atoms with Gasteiger partial charge in [-0.1, -0.05) is 24.4 Å². The summed E-state index contributed by atoms with van der Waals surface area (Å²) in [5.74, 6) is 0. The van der Waals surface area contributed by atoms with Crippen LogP contribution in [0, 0.1) is 0 Å². The molecular weight excluding hydrogens is 236 g/mol. The molecule has 0 rings (SSSR count). The van der Waals surface area contributed by atoms with Gasteiger partial charge in [0, 0.05) is 13.1 Å². The van der Waals surface area contributed by atoms with Gasteiger partial charge in [0.05, 0.1) is 0 Å². The summed E-state index contributed by atoms with van der Waals surface area (Å²) in [6, 6.07) is 0. The molecule has 0 aromatic rings. The van der Waals surface area contributed by atoms with Crippen LogP contribution in [0.15, 0.2) is 0 Å². The van der Waals surface area contributed by atoms with Crippen LogP contribution in [0.2, 0.25) is 0 Å². The molecule has 0 atom stereocenters. The minimum Gasteiger partial charge on any atom is -0.369 e. The van der Waals surface area contributed by atoms with Crippen LogP contribution in [-0.4, -0.2) is 21.7 Å². The lowest BCUT2D eigenvalue weighted by Crippen LogP contribution is -2.30. The van der Waals surface area contributed by atoms with E-state index in [1.165, 1.54) is 10.8 Å². The van der Waals surface area contributed by atoms with E-state index in [1.807, 2.05) is 0 Å². The van der Waals surface area contributed by atoms with Gasteiger partial charge in [0.1, 0.15) is 8.64 Å². The molecule has 0 saturated heterocycles. The normalized spacial score (nSPS) is 8.91. The first kappa shape index (κ1) is 11.8. The molecule has 0 saturated carbocycles. The predicted molar refractivity (Wildman–Crippen MR) is 66.8 cm³/mol. The second-order valence-electron chi connectivity index (χ2n) is 1.54. The zero-order valence-electron chi connectivity index (χ0n) is 5.53. The van der Waals surface area contributed by atoms with E-state index in [0.29, 0.717) is 8.64 Å². The van der Waals surface area contributed by atoms with Gasteiger partial charge in [-0.2, -0.15) is 0 Å². The van der Waals surface area contributed by atoms with E-state index in [2.05, 4.69) is 47.1 Å². The van der Waals surface area contributed by atoms with Gasteiger partial charge in [-0.3, -0.25) is 0 Å². The average Bonchev–Trinajstić information content (AvgIpc) is 1.97. The average molecular weight is 244 g/mol. The summed E-state index contributed by atoms with van der Waals surface area (Å²) in [6.07, 6.45) is 0. The molecule has 7 heteroatoms. The molecule has 0 aliphatic rings. The Hall–Kier alpha value is 0.830. The van der Waals surface area contributed by atoms with E-state index in [-0.39, 0.29) is 0 Å². The second kappa shape index (κ2) is 7.48. The summed E-state index contributed by atoms with van der Waals surface area (Å²) in [5, 5.41) is 5.81. The number of hydrogen-bond donors (Lipinski definition) is 4. The lowest BCUT2D eigenvalue weighted by Gasteiger charge is -2.05. The van der Waals surface area contributed by atoms with Gasteiger partial charge in [0.2, 0.25) is 0 Å². The van der Waals surface area contributed by atoms with Crippen LogP contribution < -0.4 is 10.6 Å². The lowest BCUT2D eigenvalue weighted by atomic mass is 10.6. The zero-order valence-corrected chi connectivity index (χ0v) is 9.77. The summed E-state index contributed by atoms with van der Waals surface area (Å²) in [7, 11) is 1.22.